The summed E-state index contributed by atoms with van der Waals surface area (Å²) in [5, 5.41) is 8.53. The van der Waals surface area contributed by atoms with Gasteiger partial charge in [-0.3, -0.25) is 9.78 Å². The van der Waals surface area contributed by atoms with Gasteiger partial charge in [-0.2, -0.15) is 4.31 Å². The summed E-state index contributed by atoms with van der Waals surface area (Å²) in [7, 11) is -3.60. The highest BCUT2D eigenvalue weighted by Gasteiger charge is 2.29. The number of rotatable bonds is 5. The lowest BCUT2D eigenvalue weighted by Crippen LogP contribution is -2.49. The Morgan fingerprint density at radius 3 is 2.17 bits per heavy atom. The van der Waals surface area contributed by atoms with Crippen LogP contribution in [0.15, 0.2) is 65.7 Å². The van der Waals surface area contributed by atoms with Crippen LogP contribution in [0.25, 0.3) is 11.4 Å². The number of hydrogen-bond donors (Lipinski definition) is 0. The fourth-order valence-electron chi connectivity index (χ4n) is 3.31. The van der Waals surface area contributed by atoms with Crippen LogP contribution in [-0.2, 0) is 10.0 Å². The van der Waals surface area contributed by atoms with Crippen LogP contribution in [0.1, 0.15) is 17.3 Å². The standard InChI is InChI=1S/C21H21N5O3S/c1-16(27)17-5-7-18(8-6-17)30(28,29)26-14-12-25(13-15-26)21-10-9-20(23-24-21)19-4-2-3-11-22-19/h2-11H,12-15H2,1H3. The Labute approximate surface area is 175 Å². The fraction of sp³-hybridized carbons (Fsp3) is 0.238. The van der Waals surface area contributed by atoms with Crippen LogP contribution in [0.2, 0.25) is 0 Å². The Morgan fingerprint density at radius 2 is 1.60 bits per heavy atom. The molecule has 30 heavy (non-hydrogen) atoms. The van der Waals surface area contributed by atoms with Gasteiger partial charge in [0, 0.05) is 37.9 Å². The molecule has 1 aromatic carbocycles. The molecule has 0 unspecified atom stereocenters. The van der Waals surface area contributed by atoms with E-state index < -0.39 is 10.0 Å². The molecule has 1 aliphatic heterocycles. The van der Waals surface area contributed by atoms with Gasteiger partial charge in [-0.1, -0.05) is 18.2 Å². The summed E-state index contributed by atoms with van der Waals surface area (Å²) in [6, 6.07) is 15.4. The molecule has 3 heterocycles. The first-order valence-corrected chi connectivity index (χ1v) is 11.0. The van der Waals surface area contributed by atoms with Gasteiger partial charge in [-0.25, -0.2) is 8.42 Å². The molecule has 0 spiro atoms. The molecule has 4 rings (SSSR count). The van der Waals surface area contributed by atoms with Gasteiger partial charge in [0.05, 0.1) is 10.6 Å². The lowest BCUT2D eigenvalue weighted by atomic mass is 10.2. The second-order valence-corrected chi connectivity index (χ2v) is 8.90. The Hall–Kier alpha value is -3.17. The molecule has 8 nitrogen and oxygen atoms in total. The lowest BCUT2D eigenvalue weighted by Gasteiger charge is -2.34. The van der Waals surface area contributed by atoms with E-state index in [-0.39, 0.29) is 10.7 Å². The first kappa shape index (κ1) is 20.1. The average molecular weight is 423 g/mol. The summed E-state index contributed by atoms with van der Waals surface area (Å²) in [5.41, 5.74) is 1.93. The molecule has 0 atom stereocenters. The maximum Gasteiger partial charge on any atom is 0.243 e. The minimum atomic E-state index is -3.60. The number of Topliss-reactive ketones (excluding diaryl/α,β-unsaturated/α-hetero) is 1. The second kappa shape index (κ2) is 8.29. The number of ketones is 1. The number of sulfonamides is 1. The molecule has 1 saturated heterocycles. The Balaban J connectivity index is 1.42. The molecule has 3 aromatic rings. The van der Waals surface area contributed by atoms with Gasteiger partial charge in [-0.05, 0) is 43.3 Å². The van der Waals surface area contributed by atoms with E-state index in [1.54, 1.807) is 18.3 Å². The summed E-state index contributed by atoms with van der Waals surface area (Å²) >= 11 is 0. The summed E-state index contributed by atoms with van der Waals surface area (Å²) in [5.74, 6) is 0.611. The number of benzene rings is 1. The zero-order valence-electron chi connectivity index (χ0n) is 16.5. The summed E-state index contributed by atoms with van der Waals surface area (Å²) in [6.07, 6.45) is 1.71. The first-order chi connectivity index (χ1) is 14.4. The van der Waals surface area contributed by atoms with Crippen LogP contribution < -0.4 is 4.90 Å². The number of carbonyl (C=O) groups is 1. The molecule has 0 bridgehead atoms. The fourth-order valence-corrected chi connectivity index (χ4v) is 4.74. The third kappa shape index (κ3) is 4.07. The molecule has 2 aromatic heterocycles. The molecule has 9 heteroatoms. The maximum atomic E-state index is 12.9. The summed E-state index contributed by atoms with van der Waals surface area (Å²) < 4.78 is 27.3. The summed E-state index contributed by atoms with van der Waals surface area (Å²) in [6.45, 7) is 3.18. The van der Waals surface area contributed by atoms with E-state index in [1.165, 1.54) is 23.4 Å². The van der Waals surface area contributed by atoms with Gasteiger partial charge in [0.1, 0.15) is 5.69 Å². The number of piperazine rings is 1. The van der Waals surface area contributed by atoms with Gasteiger partial charge >= 0.3 is 0 Å². The van der Waals surface area contributed by atoms with Crippen molar-refractivity contribution in [3.05, 3.63) is 66.4 Å². The van der Waals surface area contributed by atoms with E-state index in [1.807, 2.05) is 35.2 Å². The van der Waals surface area contributed by atoms with E-state index in [2.05, 4.69) is 15.2 Å². The van der Waals surface area contributed by atoms with Crippen LogP contribution in [0.4, 0.5) is 5.82 Å². The molecule has 154 valence electrons. The lowest BCUT2D eigenvalue weighted by molar-refractivity contribution is 0.101. The highest BCUT2D eigenvalue weighted by atomic mass is 32.2. The zero-order valence-corrected chi connectivity index (χ0v) is 17.3. The first-order valence-electron chi connectivity index (χ1n) is 9.56. The third-order valence-corrected chi connectivity index (χ3v) is 6.95. The molecule has 0 amide bonds. The Kier molecular flexibility index (Phi) is 5.56. The van der Waals surface area contributed by atoms with Gasteiger partial charge in [-0.15, -0.1) is 10.2 Å². The van der Waals surface area contributed by atoms with Crippen molar-refractivity contribution in [2.24, 2.45) is 0 Å². The molecule has 1 fully saturated rings. The SMILES string of the molecule is CC(=O)c1ccc(S(=O)(=O)N2CCN(c3ccc(-c4ccccn4)nn3)CC2)cc1. The highest BCUT2D eigenvalue weighted by Crippen LogP contribution is 2.21. The number of hydrogen-bond acceptors (Lipinski definition) is 7. The van der Waals surface area contributed by atoms with Crippen molar-refractivity contribution in [2.75, 3.05) is 31.1 Å². The Bertz CT molecular complexity index is 1130. The molecular weight excluding hydrogens is 402 g/mol. The molecule has 0 saturated carbocycles. The molecule has 0 N–H and O–H groups in total. The van der Waals surface area contributed by atoms with Crippen molar-refractivity contribution < 1.29 is 13.2 Å². The van der Waals surface area contributed by atoms with E-state index >= 15 is 0 Å². The molecule has 0 radical (unpaired) electrons. The molecular formula is C21H21N5O3S. The Morgan fingerprint density at radius 1 is 0.867 bits per heavy atom. The quantitative estimate of drug-likeness (QED) is 0.581. The van der Waals surface area contributed by atoms with Crippen molar-refractivity contribution >= 4 is 21.6 Å². The van der Waals surface area contributed by atoms with Crippen molar-refractivity contribution in [1.29, 1.82) is 0 Å². The van der Waals surface area contributed by atoms with Crippen LogP contribution in [-0.4, -0.2) is 59.9 Å². The van der Waals surface area contributed by atoms with Gasteiger partial charge in [0.25, 0.3) is 0 Å². The summed E-state index contributed by atoms with van der Waals surface area (Å²) in [4.78, 5) is 17.9. The monoisotopic (exact) mass is 423 g/mol. The van der Waals surface area contributed by atoms with Crippen LogP contribution in [0, 0.1) is 0 Å². The van der Waals surface area contributed by atoms with E-state index in [9.17, 15) is 13.2 Å². The number of pyridine rings is 1. The third-order valence-electron chi connectivity index (χ3n) is 5.04. The van der Waals surface area contributed by atoms with E-state index in [4.69, 9.17) is 0 Å². The van der Waals surface area contributed by atoms with Gasteiger partial charge in [0.2, 0.25) is 10.0 Å². The zero-order chi connectivity index (χ0) is 21.1. The number of nitrogens with zero attached hydrogens (tertiary/aromatic N) is 5. The number of anilines is 1. The molecule has 1 aliphatic rings. The second-order valence-electron chi connectivity index (χ2n) is 6.96. The smallest absolute Gasteiger partial charge is 0.243 e. The number of carbonyl (C=O) groups excluding carboxylic acids is 1. The van der Waals surface area contributed by atoms with Crippen molar-refractivity contribution in [2.45, 2.75) is 11.8 Å². The van der Waals surface area contributed by atoms with Crippen molar-refractivity contribution in [3.8, 4) is 11.4 Å². The predicted octanol–water partition coefficient (Wildman–Crippen LogP) is 2.25. The minimum absolute atomic E-state index is 0.0947. The topological polar surface area (TPSA) is 96.4 Å². The highest BCUT2D eigenvalue weighted by molar-refractivity contribution is 7.89. The van der Waals surface area contributed by atoms with Crippen LogP contribution in [0.5, 0.6) is 0 Å². The number of aromatic nitrogens is 3. The maximum absolute atomic E-state index is 12.9. The van der Waals surface area contributed by atoms with Crippen molar-refractivity contribution in [3.63, 3.8) is 0 Å². The van der Waals surface area contributed by atoms with Crippen LogP contribution >= 0.6 is 0 Å². The normalized spacial score (nSPS) is 15.2. The van der Waals surface area contributed by atoms with Gasteiger partial charge in [0.15, 0.2) is 11.6 Å². The van der Waals surface area contributed by atoms with E-state index in [0.29, 0.717) is 43.3 Å². The van der Waals surface area contributed by atoms with Gasteiger partial charge < -0.3 is 4.90 Å². The molecule has 0 aliphatic carbocycles. The minimum Gasteiger partial charge on any atom is -0.352 e. The largest absolute Gasteiger partial charge is 0.352 e. The van der Waals surface area contributed by atoms with E-state index in [0.717, 1.165) is 5.69 Å². The predicted molar refractivity (Wildman–Crippen MR) is 113 cm³/mol. The van der Waals surface area contributed by atoms with Crippen molar-refractivity contribution in [1.82, 2.24) is 19.5 Å². The average Bonchev–Trinajstić information content (AvgIpc) is 2.80. The van der Waals surface area contributed by atoms with Crippen LogP contribution in [0.3, 0.4) is 0 Å².